The fourth-order valence-corrected chi connectivity index (χ4v) is 10.1. The normalized spacial score (nSPS) is 20.0. The quantitative estimate of drug-likeness (QED) is 0.105. The molecule has 0 aliphatic carbocycles. The van der Waals surface area contributed by atoms with E-state index in [0.717, 1.165) is 89.3 Å². The van der Waals surface area contributed by atoms with Gasteiger partial charge < -0.3 is 54.3 Å². The Morgan fingerprint density at radius 2 is 1.38 bits per heavy atom. The van der Waals surface area contributed by atoms with E-state index in [1.165, 1.54) is 12.3 Å². The Bertz CT molecular complexity index is 2680. The summed E-state index contributed by atoms with van der Waals surface area (Å²) in [5.41, 5.74) is 1.56. The van der Waals surface area contributed by atoms with E-state index in [4.69, 9.17) is 18.6 Å². The van der Waals surface area contributed by atoms with Crippen molar-refractivity contribution >= 4 is 56.3 Å². The molecule has 0 saturated carbocycles. The van der Waals surface area contributed by atoms with Gasteiger partial charge in [0, 0.05) is 87.5 Å². The Kier molecular flexibility index (Phi) is 13.2. The maximum absolute atomic E-state index is 16.8. The predicted octanol–water partition coefficient (Wildman–Crippen LogP) is 2.78. The SMILES string of the molecule is O=C(CNCCCN1CCOCC1)N[C@@H]1CCN(C(=O)c2cn3c4c(c(N5CC[C@@H](NC(=O)CNCCCN6CCOCC6)C5)c(F)cc4c2=O)Oc2cc4c(cc2-3)oc2ccccc24)C1. The number of rotatable bonds is 16. The van der Waals surface area contributed by atoms with Crippen molar-refractivity contribution in [1.29, 1.82) is 0 Å². The van der Waals surface area contributed by atoms with Crippen LogP contribution in [0.4, 0.5) is 10.1 Å². The fourth-order valence-electron chi connectivity index (χ4n) is 10.1. The number of carbonyl (C=O) groups is 3. The predicted molar refractivity (Wildman–Crippen MR) is 248 cm³/mol. The lowest BCUT2D eigenvalue weighted by atomic mass is 10.0. The van der Waals surface area contributed by atoms with Gasteiger partial charge in [-0.05, 0) is 70.1 Å². The third kappa shape index (κ3) is 9.35. The van der Waals surface area contributed by atoms with Crippen LogP contribution < -0.4 is 36.3 Å². The number of fused-ring (bicyclic) bond motifs is 5. The Morgan fingerprint density at radius 1 is 0.727 bits per heavy atom. The van der Waals surface area contributed by atoms with Crippen LogP contribution in [0.15, 0.2) is 57.9 Å². The summed E-state index contributed by atoms with van der Waals surface area (Å²) in [5, 5.41) is 14.3. The molecule has 4 fully saturated rings. The Balaban J connectivity index is 0.861. The summed E-state index contributed by atoms with van der Waals surface area (Å²) in [6.07, 6.45) is 4.49. The average molecular weight is 908 g/mol. The number of benzene rings is 3. The number of furan rings is 1. The molecule has 3 aromatic carbocycles. The first-order valence-corrected chi connectivity index (χ1v) is 23.5. The molecule has 0 bridgehead atoms. The molecule has 0 spiro atoms. The molecule has 3 amide bonds. The number of likely N-dealkylation sites (tertiary alicyclic amines) is 1. The van der Waals surface area contributed by atoms with Gasteiger partial charge in [0.25, 0.3) is 5.91 Å². The summed E-state index contributed by atoms with van der Waals surface area (Å²) in [5.74, 6) is -0.894. The number of hydrogen-bond acceptors (Lipinski definition) is 13. The van der Waals surface area contributed by atoms with Gasteiger partial charge in [-0.3, -0.25) is 29.0 Å². The Labute approximate surface area is 381 Å². The highest BCUT2D eigenvalue weighted by molar-refractivity contribution is 6.07. The third-order valence-corrected chi connectivity index (χ3v) is 13.5. The van der Waals surface area contributed by atoms with E-state index >= 15 is 4.39 Å². The van der Waals surface area contributed by atoms with Crippen LogP contribution in [0.5, 0.6) is 11.5 Å². The number of anilines is 1. The van der Waals surface area contributed by atoms with E-state index < -0.39 is 17.2 Å². The molecule has 4 N–H and O–H groups in total. The van der Waals surface area contributed by atoms with Gasteiger partial charge >= 0.3 is 0 Å². The summed E-state index contributed by atoms with van der Waals surface area (Å²) < 4.78 is 42.3. The highest BCUT2D eigenvalue weighted by Crippen LogP contribution is 2.49. The van der Waals surface area contributed by atoms with Crippen LogP contribution in [0, 0.1) is 5.82 Å². The second-order valence-electron chi connectivity index (χ2n) is 18.0. The molecular formula is C48H58FN9O8. The molecule has 0 unspecified atom stereocenters. The number of hydrogen-bond donors (Lipinski definition) is 4. The molecule has 0 radical (unpaired) electrons. The number of amides is 3. The van der Waals surface area contributed by atoms with E-state index in [-0.39, 0.29) is 65.9 Å². The van der Waals surface area contributed by atoms with E-state index in [1.54, 1.807) is 9.47 Å². The second-order valence-corrected chi connectivity index (χ2v) is 18.0. The van der Waals surface area contributed by atoms with Crippen LogP contribution in [0.1, 0.15) is 36.0 Å². The van der Waals surface area contributed by atoms with Crippen LogP contribution in [0.2, 0.25) is 0 Å². The maximum atomic E-state index is 16.8. The van der Waals surface area contributed by atoms with Gasteiger partial charge in [-0.25, -0.2) is 4.39 Å². The zero-order valence-corrected chi connectivity index (χ0v) is 37.2. The summed E-state index contributed by atoms with van der Waals surface area (Å²) in [4.78, 5) is 62.8. The van der Waals surface area contributed by atoms with E-state index in [9.17, 15) is 19.2 Å². The van der Waals surface area contributed by atoms with Crippen molar-refractivity contribution < 1.29 is 37.4 Å². The molecule has 5 aliphatic rings. The number of aromatic nitrogens is 1. The van der Waals surface area contributed by atoms with Crippen molar-refractivity contribution in [1.82, 2.24) is 40.5 Å². The molecule has 2 atom stereocenters. The minimum atomic E-state index is -0.670. The van der Waals surface area contributed by atoms with Crippen molar-refractivity contribution in [2.75, 3.05) is 123 Å². The molecule has 5 aromatic rings. The smallest absolute Gasteiger partial charge is 0.259 e. The summed E-state index contributed by atoms with van der Waals surface area (Å²) in [7, 11) is 0. The number of halogens is 1. The van der Waals surface area contributed by atoms with Crippen molar-refractivity contribution in [3.8, 4) is 17.2 Å². The minimum Gasteiger partial charge on any atom is -0.456 e. The van der Waals surface area contributed by atoms with Gasteiger partial charge in [-0.2, -0.15) is 0 Å². The topological polar surface area (TPSA) is 175 Å². The number of para-hydroxylation sites is 1. The minimum absolute atomic E-state index is 0.0000544. The van der Waals surface area contributed by atoms with Gasteiger partial charge in [-0.15, -0.1) is 0 Å². The van der Waals surface area contributed by atoms with E-state index in [1.807, 2.05) is 41.3 Å². The van der Waals surface area contributed by atoms with Crippen LogP contribution in [-0.2, 0) is 19.1 Å². The summed E-state index contributed by atoms with van der Waals surface area (Å²) in [6.45, 7) is 11.7. The second kappa shape index (κ2) is 19.7. The summed E-state index contributed by atoms with van der Waals surface area (Å²) in [6, 6.07) is 12.0. The Morgan fingerprint density at radius 3 is 2.08 bits per heavy atom. The number of ether oxygens (including phenoxy) is 3. The Hall–Kier alpha value is -5.63. The molecule has 66 heavy (non-hydrogen) atoms. The van der Waals surface area contributed by atoms with Crippen molar-refractivity contribution in [3.05, 3.63) is 70.3 Å². The zero-order valence-electron chi connectivity index (χ0n) is 37.2. The highest BCUT2D eigenvalue weighted by Gasteiger charge is 2.36. The molecule has 10 rings (SSSR count). The van der Waals surface area contributed by atoms with Gasteiger partial charge in [0.1, 0.15) is 27.9 Å². The van der Waals surface area contributed by atoms with Crippen molar-refractivity contribution in [3.63, 3.8) is 0 Å². The van der Waals surface area contributed by atoms with Crippen LogP contribution in [0.25, 0.3) is 38.5 Å². The fraction of sp³-hybridized carbons (Fsp3) is 0.500. The molecule has 18 heteroatoms. The van der Waals surface area contributed by atoms with Gasteiger partial charge in [0.05, 0.1) is 50.6 Å². The molecular weight excluding hydrogens is 850 g/mol. The van der Waals surface area contributed by atoms with Gasteiger partial charge in [0.2, 0.25) is 17.2 Å². The molecule has 17 nitrogen and oxygen atoms in total. The third-order valence-electron chi connectivity index (χ3n) is 13.5. The number of morpholine rings is 2. The average Bonchev–Trinajstić information content (AvgIpc) is 4.08. The van der Waals surface area contributed by atoms with Crippen molar-refractivity contribution in [2.24, 2.45) is 0 Å². The highest BCUT2D eigenvalue weighted by atomic mass is 19.1. The number of pyridine rings is 1. The maximum Gasteiger partial charge on any atom is 0.259 e. The van der Waals surface area contributed by atoms with Crippen LogP contribution in [-0.4, -0.2) is 167 Å². The lowest BCUT2D eigenvalue weighted by Gasteiger charge is -2.29. The lowest BCUT2D eigenvalue weighted by Crippen LogP contribution is -2.43. The number of nitrogens with one attached hydrogen (secondary N) is 4. The lowest BCUT2D eigenvalue weighted by molar-refractivity contribution is -0.121. The molecule has 350 valence electrons. The van der Waals surface area contributed by atoms with Gasteiger partial charge in [0.15, 0.2) is 17.3 Å². The molecule has 5 aliphatic heterocycles. The zero-order chi connectivity index (χ0) is 45.1. The monoisotopic (exact) mass is 907 g/mol. The first kappa shape index (κ1) is 44.2. The first-order valence-electron chi connectivity index (χ1n) is 23.5. The van der Waals surface area contributed by atoms with E-state index in [2.05, 4.69) is 31.1 Å². The van der Waals surface area contributed by atoms with Gasteiger partial charge in [-0.1, -0.05) is 18.2 Å². The van der Waals surface area contributed by atoms with Crippen LogP contribution >= 0.6 is 0 Å². The van der Waals surface area contributed by atoms with E-state index in [0.29, 0.717) is 73.7 Å². The number of carbonyl (C=O) groups excluding carboxylic acids is 3. The first-order chi connectivity index (χ1) is 32.3. The number of nitrogens with zero attached hydrogens (tertiary/aromatic N) is 5. The summed E-state index contributed by atoms with van der Waals surface area (Å²) >= 11 is 0. The van der Waals surface area contributed by atoms with Crippen LogP contribution in [0.3, 0.4) is 0 Å². The molecule has 4 saturated heterocycles. The standard InChI is InChI=1S/C48H58FN9O8/c49-37-23-35-44-47(45(37)56-13-7-31(28-56)52-42(59)26-50-9-3-11-54-15-19-63-20-16-54)66-41-24-34-33-5-1-2-6-39(33)65-40(34)25-38(41)58(44)30-36(46(35)61)48(62)57-14-8-32(29-57)53-43(60)27-51-10-4-12-55-17-21-64-22-18-55/h1-2,5-6,23-25,30-32,50-51H,3-4,7-22,26-29H2,(H,52,59)(H,53,60)/t31-,32-/m1/s1. The largest absolute Gasteiger partial charge is 0.456 e. The molecule has 7 heterocycles. The molecule has 2 aromatic heterocycles. The van der Waals surface area contributed by atoms with Crippen molar-refractivity contribution in [2.45, 2.75) is 37.8 Å².